The molecule has 0 aliphatic carbocycles. The minimum atomic E-state index is -0.245. The first-order chi connectivity index (χ1) is 14.5. The molecule has 3 atom stereocenters. The molecule has 0 spiro atoms. The van der Waals surface area contributed by atoms with Crippen molar-refractivity contribution in [1.29, 1.82) is 0 Å². The number of phenolic OH excluding ortho intramolecular Hbond substituents is 1. The zero-order valence-corrected chi connectivity index (χ0v) is 21.6. The third-order valence-corrected chi connectivity index (χ3v) is 7.69. The van der Waals surface area contributed by atoms with Crippen LogP contribution in [0, 0.1) is 24.7 Å². The SMILES string of the molecule is CC1=C(C)C(C)(CCCC(C)CCCC(C)CCCC(C)C)Oc2ccc(O)c(C)c21. The van der Waals surface area contributed by atoms with Gasteiger partial charge in [0.1, 0.15) is 17.1 Å². The molecule has 1 aliphatic heterocycles. The Morgan fingerprint density at radius 3 is 1.97 bits per heavy atom. The van der Waals surface area contributed by atoms with Gasteiger partial charge >= 0.3 is 0 Å². The molecule has 31 heavy (non-hydrogen) atoms. The lowest BCUT2D eigenvalue weighted by atomic mass is 9.81. The number of phenols is 1. The molecule has 0 saturated carbocycles. The molecule has 1 aromatic carbocycles. The van der Waals surface area contributed by atoms with E-state index in [2.05, 4.69) is 48.5 Å². The normalized spacial score (nSPS) is 20.5. The monoisotopic (exact) mass is 428 g/mol. The van der Waals surface area contributed by atoms with E-state index in [0.717, 1.165) is 41.1 Å². The number of hydrogen-bond acceptors (Lipinski definition) is 2. The van der Waals surface area contributed by atoms with E-state index < -0.39 is 0 Å². The summed E-state index contributed by atoms with van der Waals surface area (Å²) >= 11 is 0. The molecule has 0 saturated heterocycles. The van der Waals surface area contributed by atoms with Gasteiger partial charge in [-0.2, -0.15) is 0 Å². The van der Waals surface area contributed by atoms with Crippen LogP contribution in [0.15, 0.2) is 17.7 Å². The quantitative estimate of drug-likeness (QED) is 0.359. The Morgan fingerprint density at radius 1 is 0.839 bits per heavy atom. The van der Waals surface area contributed by atoms with Gasteiger partial charge in [-0.1, -0.05) is 72.6 Å². The van der Waals surface area contributed by atoms with Crippen LogP contribution in [0.5, 0.6) is 11.5 Å². The summed E-state index contributed by atoms with van der Waals surface area (Å²) in [5.41, 5.74) is 4.31. The van der Waals surface area contributed by atoms with Crippen LogP contribution in [0.3, 0.4) is 0 Å². The van der Waals surface area contributed by atoms with Gasteiger partial charge in [-0.25, -0.2) is 0 Å². The Kier molecular flexibility index (Phi) is 9.52. The predicted octanol–water partition coefficient (Wildman–Crippen LogP) is 9.08. The molecule has 1 heterocycles. The summed E-state index contributed by atoms with van der Waals surface area (Å²) < 4.78 is 6.52. The number of fused-ring (bicyclic) bond motifs is 1. The molecule has 0 fully saturated rings. The molecule has 176 valence electrons. The summed E-state index contributed by atoms with van der Waals surface area (Å²) in [6, 6.07) is 3.69. The van der Waals surface area contributed by atoms with Crippen LogP contribution in [0.25, 0.3) is 5.57 Å². The zero-order valence-electron chi connectivity index (χ0n) is 21.6. The molecular formula is C29H48O2. The highest BCUT2D eigenvalue weighted by Crippen LogP contribution is 2.45. The van der Waals surface area contributed by atoms with Crippen molar-refractivity contribution in [3.05, 3.63) is 28.8 Å². The van der Waals surface area contributed by atoms with Crippen molar-refractivity contribution in [2.45, 2.75) is 119 Å². The average Bonchev–Trinajstić information content (AvgIpc) is 2.69. The predicted molar refractivity (Wildman–Crippen MR) is 135 cm³/mol. The average molecular weight is 429 g/mol. The first-order valence-corrected chi connectivity index (χ1v) is 12.7. The van der Waals surface area contributed by atoms with Gasteiger partial charge in [-0.15, -0.1) is 0 Å². The van der Waals surface area contributed by atoms with Gasteiger partial charge in [0.2, 0.25) is 0 Å². The second kappa shape index (κ2) is 11.4. The fraction of sp³-hybridized carbons (Fsp3) is 0.724. The van der Waals surface area contributed by atoms with E-state index in [0.29, 0.717) is 5.75 Å². The van der Waals surface area contributed by atoms with Crippen LogP contribution in [0.1, 0.15) is 117 Å². The highest BCUT2D eigenvalue weighted by Gasteiger charge is 2.35. The van der Waals surface area contributed by atoms with Crippen LogP contribution in [-0.4, -0.2) is 10.7 Å². The number of benzene rings is 1. The minimum absolute atomic E-state index is 0.245. The minimum Gasteiger partial charge on any atom is -0.508 e. The van der Waals surface area contributed by atoms with Gasteiger partial charge in [0.05, 0.1) is 0 Å². The van der Waals surface area contributed by atoms with Gasteiger partial charge in [-0.3, -0.25) is 0 Å². The number of aromatic hydroxyl groups is 1. The fourth-order valence-electron chi connectivity index (χ4n) is 5.13. The molecule has 1 N–H and O–H groups in total. The Bertz CT molecular complexity index is 745. The van der Waals surface area contributed by atoms with Crippen molar-refractivity contribution < 1.29 is 9.84 Å². The molecule has 0 amide bonds. The van der Waals surface area contributed by atoms with Gasteiger partial charge in [0.15, 0.2) is 0 Å². The summed E-state index contributed by atoms with van der Waals surface area (Å²) in [7, 11) is 0. The number of allylic oxidation sites excluding steroid dienone is 1. The van der Waals surface area contributed by atoms with Gasteiger partial charge in [0, 0.05) is 11.1 Å². The number of rotatable bonds is 12. The summed E-state index contributed by atoms with van der Waals surface area (Å²) in [5, 5.41) is 10.1. The molecule has 1 aromatic rings. The highest BCUT2D eigenvalue weighted by atomic mass is 16.5. The number of ether oxygens (including phenoxy) is 1. The zero-order chi connectivity index (χ0) is 23.2. The lowest BCUT2D eigenvalue weighted by molar-refractivity contribution is 0.108. The highest BCUT2D eigenvalue weighted by molar-refractivity contribution is 5.78. The third kappa shape index (κ3) is 7.02. The smallest absolute Gasteiger partial charge is 0.128 e. The van der Waals surface area contributed by atoms with E-state index in [1.807, 2.05) is 13.0 Å². The molecule has 0 aromatic heterocycles. The van der Waals surface area contributed by atoms with E-state index >= 15 is 0 Å². The lowest BCUT2D eigenvalue weighted by Crippen LogP contribution is -2.37. The Balaban J connectivity index is 1.79. The van der Waals surface area contributed by atoms with Crippen LogP contribution in [-0.2, 0) is 0 Å². The molecule has 0 bridgehead atoms. The molecule has 2 nitrogen and oxygen atoms in total. The van der Waals surface area contributed by atoms with Gasteiger partial charge in [0.25, 0.3) is 0 Å². The Morgan fingerprint density at radius 2 is 1.39 bits per heavy atom. The Labute approximate surface area is 192 Å². The van der Waals surface area contributed by atoms with Crippen LogP contribution < -0.4 is 4.74 Å². The molecule has 2 heteroatoms. The van der Waals surface area contributed by atoms with E-state index in [4.69, 9.17) is 4.74 Å². The summed E-state index contributed by atoms with van der Waals surface area (Å²) in [6.45, 7) is 18.1. The van der Waals surface area contributed by atoms with E-state index in [-0.39, 0.29) is 5.60 Å². The maximum absolute atomic E-state index is 10.1. The summed E-state index contributed by atoms with van der Waals surface area (Å²) in [5.74, 6) is 3.77. The van der Waals surface area contributed by atoms with Crippen LogP contribution >= 0.6 is 0 Å². The topological polar surface area (TPSA) is 29.5 Å². The molecule has 0 radical (unpaired) electrons. The largest absolute Gasteiger partial charge is 0.508 e. The summed E-state index contributed by atoms with van der Waals surface area (Å²) in [4.78, 5) is 0. The first-order valence-electron chi connectivity index (χ1n) is 12.7. The van der Waals surface area contributed by atoms with E-state index in [9.17, 15) is 5.11 Å². The van der Waals surface area contributed by atoms with Crippen molar-refractivity contribution in [2.24, 2.45) is 17.8 Å². The standard InChI is InChI=1S/C29H48O2/c1-20(2)12-9-13-21(3)14-10-15-22(4)16-11-19-29(8)25(7)23(5)28-24(6)26(30)17-18-27(28)31-29/h17-18,20-22,30H,9-16,19H2,1-8H3. The van der Waals surface area contributed by atoms with E-state index in [1.165, 1.54) is 62.5 Å². The molecule has 3 unspecified atom stereocenters. The maximum atomic E-state index is 10.1. The fourth-order valence-corrected chi connectivity index (χ4v) is 5.13. The van der Waals surface area contributed by atoms with E-state index in [1.54, 1.807) is 6.07 Å². The lowest BCUT2D eigenvalue weighted by Gasteiger charge is -2.39. The second-order valence-corrected chi connectivity index (χ2v) is 11.0. The first kappa shape index (κ1) is 25.8. The number of hydrogen-bond donors (Lipinski definition) is 1. The Hall–Kier alpha value is -1.44. The van der Waals surface area contributed by atoms with Crippen molar-refractivity contribution in [2.75, 3.05) is 0 Å². The third-order valence-electron chi connectivity index (χ3n) is 7.69. The van der Waals surface area contributed by atoms with Crippen molar-refractivity contribution >= 4 is 5.57 Å². The van der Waals surface area contributed by atoms with Crippen LogP contribution in [0.4, 0.5) is 0 Å². The van der Waals surface area contributed by atoms with Crippen molar-refractivity contribution in [3.8, 4) is 11.5 Å². The molecule has 1 aliphatic rings. The van der Waals surface area contributed by atoms with Crippen LogP contribution in [0.2, 0.25) is 0 Å². The van der Waals surface area contributed by atoms with Crippen molar-refractivity contribution in [1.82, 2.24) is 0 Å². The molecular weight excluding hydrogens is 380 g/mol. The maximum Gasteiger partial charge on any atom is 0.128 e. The molecule has 2 rings (SSSR count). The van der Waals surface area contributed by atoms with Gasteiger partial charge < -0.3 is 9.84 Å². The van der Waals surface area contributed by atoms with Crippen molar-refractivity contribution in [3.63, 3.8) is 0 Å². The second-order valence-electron chi connectivity index (χ2n) is 11.0. The van der Waals surface area contributed by atoms with Gasteiger partial charge in [-0.05, 0) is 81.6 Å². The summed E-state index contributed by atoms with van der Waals surface area (Å²) in [6.07, 6.45) is 11.8.